The van der Waals surface area contributed by atoms with Crippen LogP contribution in [-0.4, -0.2) is 34.7 Å². The number of imide groups is 1. The van der Waals surface area contributed by atoms with E-state index in [1.807, 2.05) is 41.5 Å². The maximum atomic E-state index is 12.9. The molecule has 0 bridgehead atoms. The van der Waals surface area contributed by atoms with Gasteiger partial charge in [-0.2, -0.15) is 0 Å². The second-order valence-electron chi connectivity index (χ2n) is 7.30. The van der Waals surface area contributed by atoms with Crippen LogP contribution in [-0.2, 0) is 14.4 Å². The molecule has 1 heterocycles. The van der Waals surface area contributed by atoms with E-state index in [1.54, 1.807) is 0 Å². The van der Waals surface area contributed by atoms with Crippen LogP contribution >= 0.6 is 0 Å². The van der Waals surface area contributed by atoms with Crippen LogP contribution < -0.4 is 5.32 Å². The number of amides is 3. The van der Waals surface area contributed by atoms with Crippen LogP contribution in [0.5, 0.6) is 0 Å². The molecule has 0 aromatic rings. The normalized spacial score (nSPS) is 19.6. The van der Waals surface area contributed by atoms with Gasteiger partial charge in [-0.1, -0.05) is 47.5 Å². The van der Waals surface area contributed by atoms with Gasteiger partial charge in [0, 0.05) is 11.5 Å². The average molecular weight is 322 g/mol. The molecular weight excluding hydrogens is 292 g/mol. The molecule has 1 aliphatic heterocycles. The molecule has 0 aliphatic carbocycles. The van der Waals surface area contributed by atoms with Gasteiger partial charge in [0.2, 0.25) is 5.91 Å². The zero-order valence-corrected chi connectivity index (χ0v) is 15.2. The van der Waals surface area contributed by atoms with Gasteiger partial charge in [0.05, 0.1) is 6.04 Å². The molecule has 1 N–H and O–H groups in total. The van der Waals surface area contributed by atoms with E-state index in [0.29, 0.717) is 6.42 Å². The van der Waals surface area contributed by atoms with E-state index in [-0.39, 0.29) is 23.8 Å². The van der Waals surface area contributed by atoms with Crippen molar-refractivity contribution >= 4 is 17.7 Å². The number of nitrogens with zero attached hydrogens (tertiary/aromatic N) is 1. The van der Waals surface area contributed by atoms with Crippen LogP contribution in [0.2, 0.25) is 0 Å². The molecule has 0 saturated carbocycles. The molecule has 0 aromatic heterocycles. The van der Waals surface area contributed by atoms with Gasteiger partial charge in [-0.3, -0.25) is 19.3 Å². The first-order valence-corrected chi connectivity index (χ1v) is 8.49. The van der Waals surface area contributed by atoms with Gasteiger partial charge in [0.15, 0.2) is 0 Å². The summed E-state index contributed by atoms with van der Waals surface area (Å²) in [5.41, 5.74) is 0.348. The Kier molecular flexibility index (Phi) is 6.54. The van der Waals surface area contributed by atoms with Crippen molar-refractivity contribution in [3.63, 3.8) is 0 Å². The zero-order chi connectivity index (χ0) is 17.8. The van der Waals surface area contributed by atoms with Crippen molar-refractivity contribution in [2.24, 2.45) is 5.41 Å². The topological polar surface area (TPSA) is 66.5 Å². The molecule has 0 aromatic carbocycles. The molecule has 2 atom stereocenters. The molecule has 0 radical (unpaired) electrons. The highest BCUT2D eigenvalue weighted by Crippen LogP contribution is 2.25. The first-order valence-electron chi connectivity index (χ1n) is 8.49. The lowest BCUT2D eigenvalue weighted by Gasteiger charge is -2.30. The van der Waals surface area contributed by atoms with Crippen LogP contribution in [0.15, 0.2) is 11.6 Å². The number of carbonyl (C=O) groups excluding carboxylic acids is 3. The Hall–Kier alpha value is -1.65. The number of hydrogen-bond acceptors (Lipinski definition) is 3. The predicted octanol–water partition coefficient (Wildman–Crippen LogP) is 2.80. The third-order valence-electron chi connectivity index (χ3n) is 4.09. The van der Waals surface area contributed by atoms with Crippen molar-refractivity contribution < 1.29 is 14.4 Å². The Morgan fingerprint density at radius 1 is 1.26 bits per heavy atom. The minimum Gasteiger partial charge on any atom is -0.344 e. The maximum absolute atomic E-state index is 12.9. The smallest absolute Gasteiger partial charge is 0.253 e. The second kappa shape index (κ2) is 7.75. The van der Waals surface area contributed by atoms with Gasteiger partial charge < -0.3 is 5.32 Å². The highest BCUT2D eigenvalue weighted by atomic mass is 16.2. The van der Waals surface area contributed by atoms with E-state index in [4.69, 9.17) is 0 Å². The second-order valence-corrected chi connectivity index (χ2v) is 7.30. The molecule has 3 amide bonds. The molecule has 23 heavy (non-hydrogen) atoms. The van der Waals surface area contributed by atoms with Gasteiger partial charge in [-0.15, -0.1) is 0 Å². The maximum Gasteiger partial charge on any atom is 0.253 e. The number of rotatable bonds is 6. The van der Waals surface area contributed by atoms with Gasteiger partial charge in [-0.25, -0.2) is 0 Å². The molecule has 0 saturated heterocycles. The van der Waals surface area contributed by atoms with E-state index < -0.39 is 11.5 Å². The lowest BCUT2D eigenvalue weighted by atomic mass is 9.94. The van der Waals surface area contributed by atoms with Crippen molar-refractivity contribution in [2.75, 3.05) is 0 Å². The highest BCUT2D eigenvalue weighted by Gasteiger charge is 2.39. The zero-order valence-electron chi connectivity index (χ0n) is 15.2. The molecule has 5 nitrogen and oxygen atoms in total. The van der Waals surface area contributed by atoms with Crippen LogP contribution in [0.4, 0.5) is 0 Å². The Labute approximate surface area is 139 Å². The predicted molar refractivity (Wildman–Crippen MR) is 90.6 cm³/mol. The van der Waals surface area contributed by atoms with Gasteiger partial charge >= 0.3 is 0 Å². The van der Waals surface area contributed by atoms with E-state index >= 15 is 0 Å². The fourth-order valence-corrected chi connectivity index (χ4v) is 2.70. The molecule has 0 spiro atoms. The van der Waals surface area contributed by atoms with Gasteiger partial charge in [-0.05, 0) is 25.3 Å². The van der Waals surface area contributed by atoms with E-state index in [9.17, 15) is 14.4 Å². The number of nitrogens with one attached hydrogen (secondary N) is 1. The molecule has 130 valence electrons. The number of hydrogen-bond donors (Lipinski definition) is 1. The molecule has 1 rings (SSSR count). The van der Waals surface area contributed by atoms with Crippen molar-refractivity contribution in [3.05, 3.63) is 11.6 Å². The quantitative estimate of drug-likeness (QED) is 0.817. The summed E-state index contributed by atoms with van der Waals surface area (Å²) in [6.45, 7) is 11.3. The lowest BCUT2D eigenvalue weighted by molar-refractivity contribution is -0.146. The summed E-state index contributed by atoms with van der Waals surface area (Å²) >= 11 is 0. The molecule has 1 unspecified atom stereocenters. The largest absolute Gasteiger partial charge is 0.344 e. The Bertz CT molecular complexity index is 503. The van der Waals surface area contributed by atoms with Gasteiger partial charge in [0.25, 0.3) is 11.8 Å². The molecule has 0 fully saturated rings. The monoisotopic (exact) mass is 322 g/mol. The fourth-order valence-electron chi connectivity index (χ4n) is 2.70. The average Bonchev–Trinajstić information content (AvgIpc) is 2.71. The van der Waals surface area contributed by atoms with Crippen LogP contribution in [0.1, 0.15) is 67.2 Å². The van der Waals surface area contributed by atoms with E-state index in [1.165, 1.54) is 11.0 Å². The van der Waals surface area contributed by atoms with Crippen LogP contribution in [0, 0.1) is 5.41 Å². The summed E-state index contributed by atoms with van der Waals surface area (Å²) in [7, 11) is 0. The van der Waals surface area contributed by atoms with Crippen LogP contribution in [0.3, 0.4) is 0 Å². The summed E-state index contributed by atoms with van der Waals surface area (Å²) in [4.78, 5) is 38.7. The molecule has 5 heteroatoms. The Balaban J connectivity index is 2.96. The lowest BCUT2D eigenvalue weighted by Crippen LogP contribution is -2.53. The summed E-state index contributed by atoms with van der Waals surface area (Å²) < 4.78 is 0. The van der Waals surface area contributed by atoms with Crippen molar-refractivity contribution in [3.8, 4) is 0 Å². The van der Waals surface area contributed by atoms with Gasteiger partial charge in [0.1, 0.15) is 6.04 Å². The SMILES string of the molecule is CCCC1C(C)=CC(=O)N1C(=O)[C@@H](CCC)NC(=O)C(C)(C)C. The third-order valence-corrected chi connectivity index (χ3v) is 4.09. The van der Waals surface area contributed by atoms with Crippen molar-refractivity contribution in [2.45, 2.75) is 79.3 Å². The summed E-state index contributed by atoms with van der Waals surface area (Å²) in [6, 6.07) is -0.819. The minimum atomic E-state index is -0.644. The summed E-state index contributed by atoms with van der Waals surface area (Å²) in [5.74, 6) is -0.731. The minimum absolute atomic E-state index is 0.173. The van der Waals surface area contributed by atoms with E-state index in [2.05, 4.69) is 5.32 Å². The summed E-state index contributed by atoms with van der Waals surface area (Å²) in [6.07, 6.45) is 4.47. The molecule has 1 aliphatic rings. The highest BCUT2D eigenvalue weighted by molar-refractivity contribution is 6.06. The standard InChI is InChI=1S/C18H30N2O3/c1-7-9-13(19-17(23)18(4,5)6)16(22)20-14(10-8-2)12(3)11-15(20)21/h11,13-14H,7-10H2,1-6H3,(H,19,23)/t13-,14?/m1/s1. The first kappa shape index (κ1) is 19.4. The van der Waals surface area contributed by atoms with Crippen LogP contribution in [0.25, 0.3) is 0 Å². The summed E-state index contributed by atoms with van der Waals surface area (Å²) in [5, 5.41) is 2.83. The van der Waals surface area contributed by atoms with Crippen molar-refractivity contribution in [1.29, 1.82) is 0 Å². The number of carbonyl (C=O) groups is 3. The molecular formula is C18H30N2O3. The third kappa shape index (κ3) is 4.66. The van der Waals surface area contributed by atoms with Crippen molar-refractivity contribution in [1.82, 2.24) is 10.2 Å². The Morgan fingerprint density at radius 3 is 2.35 bits per heavy atom. The Morgan fingerprint density at radius 2 is 1.87 bits per heavy atom. The fraction of sp³-hybridized carbons (Fsp3) is 0.722. The first-order chi connectivity index (χ1) is 10.6. The van der Waals surface area contributed by atoms with E-state index in [0.717, 1.165) is 24.8 Å².